The van der Waals surface area contributed by atoms with E-state index in [1.54, 1.807) is 55.5 Å². The van der Waals surface area contributed by atoms with Crippen molar-refractivity contribution >= 4 is 35.0 Å². The normalized spacial score (nSPS) is 9.39. The molecule has 0 aliphatic heterocycles. The largest absolute Gasteiger partial charge is 0.478 e. The van der Waals surface area contributed by atoms with Gasteiger partial charge in [-0.3, -0.25) is 0 Å². The Bertz CT molecular complexity index is 1110. The van der Waals surface area contributed by atoms with Gasteiger partial charge in [0.25, 0.3) is 0 Å². The van der Waals surface area contributed by atoms with Crippen molar-refractivity contribution in [3.63, 3.8) is 0 Å². The maximum Gasteiger partial charge on any atom is 0.337 e. The van der Waals surface area contributed by atoms with Crippen LogP contribution in [-0.2, 0) is 0 Å². The zero-order chi connectivity index (χ0) is 25.0. The number of anilines is 3. The van der Waals surface area contributed by atoms with Crippen LogP contribution in [0.15, 0.2) is 66.7 Å². The summed E-state index contributed by atoms with van der Waals surface area (Å²) in [5, 5.41) is 28.8. The van der Waals surface area contributed by atoms with E-state index in [2.05, 4.69) is 5.32 Å². The Balaban J connectivity index is 0.000000249. The van der Waals surface area contributed by atoms with E-state index in [9.17, 15) is 14.4 Å². The molecule has 0 unspecified atom stereocenters. The first-order valence-electron chi connectivity index (χ1n) is 9.82. The first-order chi connectivity index (χ1) is 15.6. The lowest BCUT2D eigenvalue weighted by molar-refractivity contribution is 0.0687. The molecule has 0 saturated heterocycles. The number of aromatic carboxylic acids is 3. The fraction of sp³-hybridized carbons (Fsp3) is 0.125. The first kappa shape index (κ1) is 26.5. The Morgan fingerprint density at radius 2 is 1.21 bits per heavy atom. The van der Waals surface area contributed by atoms with Gasteiger partial charge in [-0.25, -0.2) is 14.4 Å². The van der Waals surface area contributed by atoms with Gasteiger partial charge in [-0.1, -0.05) is 36.4 Å². The third-order valence-electron chi connectivity index (χ3n) is 4.27. The number of hydrogen-bond donors (Lipinski definition) is 6. The van der Waals surface area contributed by atoms with Crippen LogP contribution in [0.5, 0.6) is 0 Å². The highest BCUT2D eigenvalue weighted by molar-refractivity contribution is 5.95. The van der Waals surface area contributed by atoms with E-state index in [1.165, 1.54) is 12.1 Å². The molecule has 0 fully saturated rings. The van der Waals surface area contributed by atoms with Crippen molar-refractivity contribution in [3.8, 4) is 0 Å². The van der Waals surface area contributed by atoms with Crippen molar-refractivity contribution in [1.29, 1.82) is 0 Å². The van der Waals surface area contributed by atoms with Gasteiger partial charge < -0.3 is 32.1 Å². The van der Waals surface area contributed by atoms with Crippen molar-refractivity contribution in [3.05, 3.63) is 89.0 Å². The van der Waals surface area contributed by atoms with Crippen LogP contribution < -0.4 is 16.8 Å². The summed E-state index contributed by atoms with van der Waals surface area (Å²) < 4.78 is 0. The van der Waals surface area contributed by atoms with E-state index >= 15 is 0 Å². The number of carboxylic acid groups (broad SMARTS) is 3. The summed E-state index contributed by atoms with van der Waals surface area (Å²) in [6.07, 6.45) is 0. The Morgan fingerprint density at radius 1 is 0.727 bits per heavy atom. The highest BCUT2D eigenvalue weighted by Crippen LogP contribution is 2.16. The summed E-state index contributed by atoms with van der Waals surface area (Å²) in [6.45, 7) is 4.44. The number of carbonyl (C=O) groups is 3. The number of carboxylic acids is 3. The standard InChI is InChI=1S/C9H11NO2.C8H9NO2.C7H7NO2/c1-2-10-8-6-4-3-5-7(8)9(11)12;1-5-3-2-4-6(7(5)9)8(10)11;8-6-4-2-1-3-5(6)7(9)10/h3-6,10H,2H2,1H3,(H,11,12);2-4H,9H2,1H3,(H,10,11);1-4H,8H2,(H,9,10). The Hall–Kier alpha value is -4.53. The molecule has 0 saturated carbocycles. The molecule has 0 bridgehead atoms. The second kappa shape index (κ2) is 13.0. The Morgan fingerprint density at radius 3 is 1.67 bits per heavy atom. The van der Waals surface area contributed by atoms with E-state index in [0.717, 1.165) is 12.1 Å². The summed E-state index contributed by atoms with van der Waals surface area (Å²) in [4.78, 5) is 31.5. The van der Waals surface area contributed by atoms with E-state index < -0.39 is 17.9 Å². The number of nitrogens with two attached hydrogens (primary N) is 2. The topological polar surface area (TPSA) is 176 Å². The lowest BCUT2D eigenvalue weighted by Crippen LogP contribution is -2.04. The molecule has 0 spiro atoms. The summed E-state index contributed by atoms with van der Waals surface area (Å²) in [7, 11) is 0. The second-order valence-corrected chi connectivity index (χ2v) is 6.61. The molecule has 0 amide bonds. The predicted molar refractivity (Wildman–Crippen MR) is 128 cm³/mol. The molecule has 9 heteroatoms. The van der Waals surface area contributed by atoms with Gasteiger partial charge in [0, 0.05) is 23.6 Å². The van der Waals surface area contributed by atoms with Gasteiger partial charge >= 0.3 is 17.9 Å². The van der Waals surface area contributed by atoms with Crippen molar-refractivity contribution < 1.29 is 29.7 Å². The molecule has 174 valence electrons. The molecule has 0 aliphatic rings. The number of rotatable bonds is 5. The fourth-order valence-corrected chi connectivity index (χ4v) is 2.57. The molecule has 0 atom stereocenters. The minimum Gasteiger partial charge on any atom is -0.478 e. The van der Waals surface area contributed by atoms with Crippen LogP contribution in [0.1, 0.15) is 43.6 Å². The summed E-state index contributed by atoms with van der Waals surface area (Å²) in [6, 6.07) is 18.2. The van der Waals surface area contributed by atoms with Crippen LogP contribution >= 0.6 is 0 Å². The van der Waals surface area contributed by atoms with Gasteiger partial charge in [0.15, 0.2) is 0 Å². The lowest BCUT2D eigenvalue weighted by Gasteiger charge is -2.05. The highest BCUT2D eigenvalue weighted by atomic mass is 16.4. The highest BCUT2D eigenvalue weighted by Gasteiger charge is 2.08. The van der Waals surface area contributed by atoms with Gasteiger partial charge in [-0.15, -0.1) is 0 Å². The second-order valence-electron chi connectivity index (χ2n) is 6.61. The van der Waals surface area contributed by atoms with Gasteiger partial charge in [0.2, 0.25) is 0 Å². The smallest absolute Gasteiger partial charge is 0.337 e. The first-order valence-corrected chi connectivity index (χ1v) is 9.82. The van der Waals surface area contributed by atoms with E-state index in [1.807, 2.05) is 13.0 Å². The maximum absolute atomic E-state index is 10.7. The Kier molecular flexibility index (Phi) is 10.4. The number of nitrogens with one attached hydrogen (secondary N) is 1. The molecule has 8 N–H and O–H groups in total. The van der Waals surface area contributed by atoms with Crippen LogP contribution in [0.25, 0.3) is 0 Å². The van der Waals surface area contributed by atoms with Crippen LogP contribution in [0.3, 0.4) is 0 Å². The quantitative estimate of drug-likeness (QED) is 0.311. The average Bonchev–Trinajstić information content (AvgIpc) is 2.77. The SMILES string of the molecule is CCNc1ccccc1C(=O)O.Cc1cccc(C(=O)O)c1N.Nc1ccccc1C(=O)O. The van der Waals surface area contributed by atoms with Crippen LogP contribution in [0.2, 0.25) is 0 Å². The van der Waals surface area contributed by atoms with E-state index in [0.29, 0.717) is 22.6 Å². The van der Waals surface area contributed by atoms with Crippen molar-refractivity contribution in [2.75, 3.05) is 23.3 Å². The zero-order valence-electron chi connectivity index (χ0n) is 18.3. The minimum atomic E-state index is -0.988. The molecule has 33 heavy (non-hydrogen) atoms. The summed E-state index contributed by atoms with van der Waals surface area (Å²) in [5.41, 5.74) is 13.6. The van der Waals surface area contributed by atoms with Crippen LogP contribution in [0.4, 0.5) is 17.1 Å². The molecule has 3 aromatic rings. The summed E-state index contributed by atoms with van der Waals surface area (Å²) >= 11 is 0. The number of aryl methyl sites for hydroxylation is 1. The minimum absolute atomic E-state index is 0.155. The third kappa shape index (κ3) is 8.25. The Labute approximate surface area is 191 Å². The monoisotopic (exact) mass is 453 g/mol. The van der Waals surface area contributed by atoms with Crippen LogP contribution in [0, 0.1) is 6.92 Å². The van der Waals surface area contributed by atoms with E-state index in [4.69, 9.17) is 26.8 Å². The molecule has 3 aromatic carbocycles. The van der Waals surface area contributed by atoms with E-state index in [-0.39, 0.29) is 11.1 Å². The average molecular weight is 453 g/mol. The number of hydrogen-bond acceptors (Lipinski definition) is 6. The molecule has 0 heterocycles. The van der Waals surface area contributed by atoms with Gasteiger partial charge in [-0.05, 0) is 49.7 Å². The summed E-state index contributed by atoms with van der Waals surface area (Å²) in [5.74, 6) is -2.86. The van der Waals surface area contributed by atoms with Crippen molar-refractivity contribution in [2.45, 2.75) is 13.8 Å². The lowest BCUT2D eigenvalue weighted by atomic mass is 10.1. The van der Waals surface area contributed by atoms with Gasteiger partial charge in [0.05, 0.1) is 16.7 Å². The molecule has 3 rings (SSSR count). The molecular formula is C24H27N3O6. The zero-order valence-corrected chi connectivity index (χ0v) is 18.3. The molecular weight excluding hydrogens is 426 g/mol. The fourth-order valence-electron chi connectivity index (χ4n) is 2.57. The number of para-hydroxylation sites is 3. The third-order valence-corrected chi connectivity index (χ3v) is 4.27. The number of benzene rings is 3. The molecule has 0 radical (unpaired) electrons. The van der Waals surface area contributed by atoms with Gasteiger partial charge in [-0.2, -0.15) is 0 Å². The molecule has 0 aromatic heterocycles. The van der Waals surface area contributed by atoms with Crippen LogP contribution in [-0.4, -0.2) is 39.8 Å². The van der Waals surface area contributed by atoms with Gasteiger partial charge in [0.1, 0.15) is 0 Å². The molecule has 0 aliphatic carbocycles. The van der Waals surface area contributed by atoms with Crippen molar-refractivity contribution in [1.82, 2.24) is 0 Å². The predicted octanol–water partition coefficient (Wildman–Crippen LogP) is 4.06. The maximum atomic E-state index is 10.7. The van der Waals surface area contributed by atoms with Crippen molar-refractivity contribution in [2.24, 2.45) is 0 Å². The number of nitrogen functional groups attached to an aromatic ring is 2. The molecule has 9 nitrogen and oxygen atoms in total.